The van der Waals surface area contributed by atoms with Crippen molar-refractivity contribution in [2.75, 3.05) is 5.75 Å². The molecule has 2 aromatic rings. The normalized spacial score (nSPS) is 12.2. The number of carboxylic acids is 1. The molecular formula is C13H12O3S2. The summed E-state index contributed by atoms with van der Waals surface area (Å²) >= 11 is 1.60. The highest BCUT2D eigenvalue weighted by molar-refractivity contribution is 7.84. The van der Waals surface area contributed by atoms with E-state index in [1.807, 2.05) is 41.1 Å². The summed E-state index contributed by atoms with van der Waals surface area (Å²) in [4.78, 5) is 10.5. The molecule has 18 heavy (non-hydrogen) atoms. The van der Waals surface area contributed by atoms with Gasteiger partial charge in [-0.15, -0.1) is 0 Å². The third-order valence-corrected chi connectivity index (χ3v) is 4.34. The van der Waals surface area contributed by atoms with Crippen LogP contribution in [0.4, 0.5) is 0 Å². The number of rotatable bonds is 5. The van der Waals surface area contributed by atoms with E-state index in [1.165, 1.54) is 0 Å². The maximum Gasteiger partial charge on any atom is 0.316 e. The average Bonchev–Trinajstić information content (AvgIpc) is 2.81. The highest BCUT2D eigenvalue weighted by atomic mass is 32.2. The standard InChI is InChI=1S/C13H12O3S2/c14-13(15)9-18(16)8-11-3-1-2-4-12(11)10-5-6-17-7-10/h1-7H,8-9H2,(H,14,15)/t18-/m0/s1. The van der Waals surface area contributed by atoms with Gasteiger partial charge < -0.3 is 5.11 Å². The summed E-state index contributed by atoms with van der Waals surface area (Å²) in [5.74, 6) is -1.06. The molecule has 0 spiro atoms. The van der Waals surface area contributed by atoms with Crippen molar-refractivity contribution in [1.29, 1.82) is 0 Å². The maximum absolute atomic E-state index is 11.7. The molecular weight excluding hydrogens is 268 g/mol. The van der Waals surface area contributed by atoms with Crippen LogP contribution < -0.4 is 0 Å². The second-order valence-corrected chi connectivity index (χ2v) is 6.03. The average molecular weight is 280 g/mol. The molecule has 2 rings (SSSR count). The molecule has 0 amide bonds. The van der Waals surface area contributed by atoms with Crippen LogP contribution in [0.15, 0.2) is 41.1 Å². The summed E-state index contributed by atoms with van der Waals surface area (Å²) in [5.41, 5.74) is 3.04. The largest absolute Gasteiger partial charge is 0.481 e. The molecule has 0 bridgehead atoms. The number of hydrogen-bond acceptors (Lipinski definition) is 3. The Morgan fingerprint density at radius 1 is 1.28 bits per heavy atom. The van der Waals surface area contributed by atoms with Crippen molar-refractivity contribution in [3.05, 3.63) is 46.7 Å². The Bertz CT molecular complexity index is 561. The molecule has 1 N–H and O–H groups in total. The molecule has 1 atom stereocenters. The summed E-state index contributed by atoms with van der Waals surface area (Å²) in [6.07, 6.45) is 0. The lowest BCUT2D eigenvalue weighted by Crippen LogP contribution is -2.11. The molecule has 0 saturated carbocycles. The van der Waals surface area contributed by atoms with Crippen molar-refractivity contribution in [2.45, 2.75) is 5.75 Å². The minimum Gasteiger partial charge on any atom is -0.481 e. The van der Waals surface area contributed by atoms with E-state index in [4.69, 9.17) is 5.11 Å². The van der Waals surface area contributed by atoms with Crippen LogP contribution in [0.3, 0.4) is 0 Å². The van der Waals surface area contributed by atoms with Gasteiger partial charge in [0.15, 0.2) is 0 Å². The van der Waals surface area contributed by atoms with Crippen LogP contribution in [0.25, 0.3) is 11.1 Å². The van der Waals surface area contributed by atoms with E-state index in [9.17, 15) is 9.00 Å². The molecule has 1 aromatic carbocycles. The molecule has 0 aliphatic rings. The molecule has 0 aliphatic heterocycles. The fourth-order valence-electron chi connectivity index (χ4n) is 1.71. The minimum atomic E-state index is -1.37. The lowest BCUT2D eigenvalue weighted by atomic mass is 10.0. The number of benzene rings is 1. The van der Waals surface area contributed by atoms with E-state index >= 15 is 0 Å². The van der Waals surface area contributed by atoms with Gasteiger partial charge >= 0.3 is 5.97 Å². The number of aliphatic carboxylic acids is 1. The monoisotopic (exact) mass is 280 g/mol. The van der Waals surface area contributed by atoms with Crippen LogP contribution in [0.1, 0.15) is 5.56 Å². The summed E-state index contributed by atoms with van der Waals surface area (Å²) < 4.78 is 11.7. The first-order chi connectivity index (χ1) is 8.66. The van der Waals surface area contributed by atoms with E-state index < -0.39 is 16.8 Å². The predicted octanol–water partition coefficient (Wildman–Crippen LogP) is 2.75. The van der Waals surface area contributed by atoms with Gasteiger partial charge in [0.1, 0.15) is 5.75 Å². The molecule has 0 unspecified atom stereocenters. The zero-order valence-electron chi connectivity index (χ0n) is 9.54. The van der Waals surface area contributed by atoms with Crippen molar-refractivity contribution in [2.24, 2.45) is 0 Å². The number of carbonyl (C=O) groups is 1. The van der Waals surface area contributed by atoms with Gasteiger partial charge in [-0.3, -0.25) is 9.00 Å². The van der Waals surface area contributed by atoms with Gasteiger partial charge in [0.25, 0.3) is 0 Å². The summed E-state index contributed by atoms with van der Waals surface area (Å²) in [7, 11) is -1.37. The molecule has 1 heterocycles. The molecule has 94 valence electrons. The molecule has 0 saturated heterocycles. The zero-order valence-corrected chi connectivity index (χ0v) is 11.2. The van der Waals surface area contributed by atoms with Crippen molar-refractivity contribution >= 4 is 28.1 Å². The van der Waals surface area contributed by atoms with Crippen LogP contribution >= 0.6 is 11.3 Å². The quantitative estimate of drug-likeness (QED) is 0.916. The van der Waals surface area contributed by atoms with Crippen LogP contribution in [-0.4, -0.2) is 21.0 Å². The van der Waals surface area contributed by atoms with Gasteiger partial charge in [0.05, 0.1) is 0 Å². The van der Waals surface area contributed by atoms with Crippen LogP contribution in [0.5, 0.6) is 0 Å². The van der Waals surface area contributed by atoms with E-state index in [1.54, 1.807) is 11.3 Å². The van der Waals surface area contributed by atoms with E-state index in [0.29, 0.717) is 0 Å². The van der Waals surface area contributed by atoms with Gasteiger partial charge in [-0.2, -0.15) is 11.3 Å². The summed E-state index contributed by atoms with van der Waals surface area (Å²) in [6.45, 7) is 0. The number of carboxylic acid groups (broad SMARTS) is 1. The van der Waals surface area contributed by atoms with Crippen molar-refractivity contribution in [1.82, 2.24) is 0 Å². The SMILES string of the molecule is O=C(O)C[S@@](=O)Cc1ccccc1-c1ccsc1. The summed E-state index contributed by atoms with van der Waals surface area (Å²) in [6, 6.07) is 9.67. The van der Waals surface area contributed by atoms with Crippen molar-refractivity contribution in [3.63, 3.8) is 0 Å². The molecule has 0 fully saturated rings. The Hall–Kier alpha value is -1.46. The first-order valence-electron chi connectivity index (χ1n) is 5.34. The second kappa shape index (κ2) is 5.93. The third-order valence-electron chi connectivity index (χ3n) is 2.45. The van der Waals surface area contributed by atoms with E-state index in [-0.39, 0.29) is 11.5 Å². The molecule has 0 aliphatic carbocycles. The van der Waals surface area contributed by atoms with Gasteiger partial charge in [-0.05, 0) is 33.5 Å². The molecule has 5 heteroatoms. The van der Waals surface area contributed by atoms with E-state index in [0.717, 1.165) is 16.7 Å². The lowest BCUT2D eigenvalue weighted by molar-refractivity contribution is -0.133. The predicted molar refractivity (Wildman–Crippen MR) is 74.1 cm³/mol. The van der Waals surface area contributed by atoms with Crippen molar-refractivity contribution in [3.8, 4) is 11.1 Å². The Morgan fingerprint density at radius 3 is 2.72 bits per heavy atom. The molecule has 3 nitrogen and oxygen atoms in total. The highest BCUT2D eigenvalue weighted by Crippen LogP contribution is 2.26. The fraction of sp³-hybridized carbons (Fsp3) is 0.154. The molecule has 0 radical (unpaired) electrons. The second-order valence-electron chi connectivity index (χ2n) is 3.79. The molecule has 1 aromatic heterocycles. The fourth-order valence-corrected chi connectivity index (χ4v) is 3.34. The Morgan fingerprint density at radius 2 is 2.06 bits per heavy atom. The number of thiophene rings is 1. The zero-order chi connectivity index (χ0) is 13.0. The first kappa shape index (κ1) is 13.0. The Balaban J connectivity index is 2.23. The topological polar surface area (TPSA) is 54.4 Å². The van der Waals surface area contributed by atoms with Crippen molar-refractivity contribution < 1.29 is 14.1 Å². The summed E-state index contributed by atoms with van der Waals surface area (Å²) in [5, 5.41) is 12.6. The van der Waals surface area contributed by atoms with Crippen LogP contribution in [0, 0.1) is 0 Å². The highest BCUT2D eigenvalue weighted by Gasteiger charge is 2.11. The van der Waals surface area contributed by atoms with Crippen LogP contribution in [-0.2, 0) is 21.3 Å². The van der Waals surface area contributed by atoms with E-state index in [2.05, 4.69) is 0 Å². The number of hydrogen-bond donors (Lipinski definition) is 1. The van der Waals surface area contributed by atoms with Crippen LogP contribution in [0.2, 0.25) is 0 Å². The van der Waals surface area contributed by atoms with Gasteiger partial charge in [0, 0.05) is 16.6 Å². The first-order valence-corrected chi connectivity index (χ1v) is 7.77. The minimum absolute atomic E-state index is 0.276. The third kappa shape index (κ3) is 3.27. The lowest BCUT2D eigenvalue weighted by Gasteiger charge is -2.07. The Labute approximate surface area is 112 Å². The smallest absolute Gasteiger partial charge is 0.316 e. The van der Waals surface area contributed by atoms with Gasteiger partial charge in [-0.25, -0.2) is 0 Å². The van der Waals surface area contributed by atoms with Gasteiger partial charge in [0.2, 0.25) is 0 Å². The maximum atomic E-state index is 11.7. The Kier molecular flexibility index (Phi) is 4.28. The van der Waals surface area contributed by atoms with Gasteiger partial charge in [-0.1, -0.05) is 24.3 Å².